The zero-order valence-corrected chi connectivity index (χ0v) is 18.0. The second-order valence-corrected chi connectivity index (χ2v) is 8.20. The van der Waals surface area contributed by atoms with Crippen molar-refractivity contribution in [3.63, 3.8) is 0 Å². The molecule has 2 aromatic carbocycles. The number of ether oxygens (including phenoxy) is 2. The first-order chi connectivity index (χ1) is 15.1. The third-order valence-corrected chi connectivity index (χ3v) is 6.14. The molecule has 32 heavy (non-hydrogen) atoms. The number of piperidine rings is 1. The van der Waals surface area contributed by atoms with E-state index in [1.54, 1.807) is 12.1 Å². The largest absolute Gasteiger partial charge is 0.504 e. The van der Waals surface area contributed by atoms with Crippen LogP contribution in [-0.4, -0.2) is 46.4 Å². The zero-order valence-electron chi connectivity index (χ0n) is 18.0. The Labute approximate surface area is 183 Å². The van der Waals surface area contributed by atoms with Gasteiger partial charge in [0.25, 0.3) is 0 Å². The quantitative estimate of drug-likeness (QED) is 0.447. The van der Waals surface area contributed by atoms with Crippen LogP contribution in [0, 0.1) is 25.6 Å². The average Bonchev–Trinajstić information content (AvgIpc) is 2.72. The van der Waals surface area contributed by atoms with Gasteiger partial charge in [0.15, 0.2) is 23.0 Å². The van der Waals surface area contributed by atoms with E-state index in [0.717, 1.165) is 0 Å². The molecule has 0 unspecified atom stereocenters. The van der Waals surface area contributed by atoms with Crippen molar-refractivity contribution in [2.75, 3.05) is 14.2 Å². The van der Waals surface area contributed by atoms with Crippen LogP contribution in [0.1, 0.15) is 37.1 Å². The van der Waals surface area contributed by atoms with Crippen molar-refractivity contribution in [1.29, 1.82) is 0 Å². The summed E-state index contributed by atoms with van der Waals surface area (Å²) in [5.41, 5.74) is -1.17. The summed E-state index contributed by atoms with van der Waals surface area (Å²) >= 11 is 0. The topological polar surface area (TPSA) is 157 Å². The van der Waals surface area contributed by atoms with E-state index in [4.69, 9.17) is 9.47 Å². The smallest absolute Gasteiger partial charge is 0.244 e. The molecule has 1 fully saturated rings. The molecule has 0 amide bonds. The van der Waals surface area contributed by atoms with Crippen molar-refractivity contribution >= 4 is 0 Å². The standard InChI is InChI=1S/C21H25N3O8/c1-21(2)19(23(27)28)15(11-7-5-9-13(31-3)17(11)25)22-16(20(21)24(29)30)12-8-6-10-14(32-4)18(12)26/h5-10,15-16,19-20,22,25-26H,1-4H3/t15-,16+,19+,20-. The van der Waals surface area contributed by atoms with E-state index in [-0.39, 0.29) is 34.1 Å². The molecule has 0 aromatic heterocycles. The van der Waals surface area contributed by atoms with Gasteiger partial charge in [0, 0.05) is 21.0 Å². The molecule has 1 heterocycles. The van der Waals surface area contributed by atoms with E-state index in [2.05, 4.69) is 5.32 Å². The number of rotatable bonds is 6. The summed E-state index contributed by atoms with van der Waals surface area (Å²) in [5, 5.41) is 48.7. The van der Waals surface area contributed by atoms with Crippen molar-refractivity contribution < 1.29 is 29.5 Å². The molecule has 2 aromatic rings. The van der Waals surface area contributed by atoms with Crippen molar-refractivity contribution in [1.82, 2.24) is 5.32 Å². The number of hydrogen-bond acceptors (Lipinski definition) is 9. The molecular formula is C21H25N3O8. The van der Waals surface area contributed by atoms with Gasteiger partial charge in [0.2, 0.25) is 12.1 Å². The molecule has 0 radical (unpaired) electrons. The van der Waals surface area contributed by atoms with Gasteiger partial charge in [-0.2, -0.15) is 0 Å². The van der Waals surface area contributed by atoms with Gasteiger partial charge in [0.1, 0.15) is 17.5 Å². The Bertz CT molecular complexity index is 962. The number of methoxy groups -OCH3 is 2. The Morgan fingerprint density at radius 1 is 0.844 bits per heavy atom. The summed E-state index contributed by atoms with van der Waals surface area (Å²) < 4.78 is 10.3. The first kappa shape index (κ1) is 23.1. The van der Waals surface area contributed by atoms with Crippen LogP contribution in [0.4, 0.5) is 0 Å². The van der Waals surface area contributed by atoms with Gasteiger partial charge in [-0.05, 0) is 26.0 Å². The van der Waals surface area contributed by atoms with E-state index in [0.29, 0.717) is 0 Å². The van der Waals surface area contributed by atoms with E-state index in [9.17, 15) is 30.4 Å². The Morgan fingerprint density at radius 3 is 1.53 bits per heavy atom. The average molecular weight is 447 g/mol. The van der Waals surface area contributed by atoms with Crippen molar-refractivity contribution in [3.05, 3.63) is 67.8 Å². The van der Waals surface area contributed by atoms with Crippen LogP contribution < -0.4 is 14.8 Å². The maximum absolute atomic E-state index is 12.2. The van der Waals surface area contributed by atoms with Crippen molar-refractivity contribution in [2.45, 2.75) is 38.0 Å². The maximum Gasteiger partial charge on any atom is 0.244 e. The molecule has 4 atom stereocenters. The molecule has 0 bridgehead atoms. The molecule has 3 rings (SSSR count). The lowest BCUT2D eigenvalue weighted by molar-refractivity contribution is -0.605. The number of phenolic OH excluding ortho intramolecular Hbond substituents is 2. The summed E-state index contributed by atoms with van der Waals surface area (Å²) in [6, 6.07) is 3.93. The molecule has 3 N–H and O–H groups in total. The number of aromatic hydroxyl groups is 2. The van der Waals surface area contributed by atoms with Gasteiger partial charge in [-0.15, -0.1) is 0 Å². The third-order valence-electron chi connectivity index (χ3n) is 6.14. The normalized spacial score (nSPS) is 24.5. The van der Waals surface area contributed by atoms with E-state index >= 15 is 0 Å². The fourth-order valence-corrected chi connectivity index (χ4v) is 4.63. The Kier molecular flexibility index (Phi) is 6.13. The number of nitrogens with zero attached hydrogens (tertiary/aromatic N) is 2. The summed E-state index contributed by atoms with van der Waals surface area (Å²) in [6.07, 6.45) is 0. The van der Waals surface area contributed by atoms with Crippen LogP contribution in [0.15, 0.2) is 36.4 Å². The van der Waals surface area contributed by atoms with Crippen LogP contribution in [-0.2, 0) is 0 Å². The van der Waals surface area contributed by atoms with Gasteiger partial charge in [-0.3, -0.25) is 25.5 Å². The second-order valence-electron chi connectivity index (χ2n) is 8.20. The number of nitro groups is 2. The predicted molar refractivity (Wildman–Crippen MR) is 113 cm³/mol. The molecule has 0 spiro atoms. The molecule has 1 aliphatic rings. The number of hydrogen-bond donors (Lipinski definition) is 3. The fraction of sp³-hybridized carbons (Fsp3) is 0.429. The number of phenols is 2. The monoisotopic (exact) mass is 447 g/mol. The minimum absolute atomic E-state index is 0.112. The Hall–Kier alpha value is -3.60. The predicted octanol–water partition coefficient (Wildman–Crippen LogP) is 2.82. The summed E-state index contributed by atoms with van der Waals surface area (Å²) in [6.45, 7) is 2.90. The van der Waals surface area contributed by atoms with Crippen LogP contribution in [0.5, 0.6) is 23.0 Å². The Morgan fingerprint density at radius 2 is 1.22 bits per heavy atom. The first-order valence-corrected chi connectivity index (χ1v) is 9.81. The molecular weight excluding hydrogens is 422 g/mol. The highest BCUT2D eigenvalue weighted by Crippen LogP contribution is 2.50. The minimum Gasteiger partial charge on any atom is -0.504 e. The Balaban J connectivity index is 2.25. The number of para-hydroxylation sites is 2. The second kappa shape index (κ2) is 8.50. The van der Waals surface area contributed by atoms with Crippen molar-refractivity contribution in [3.8, 4) is 23.0 Å². The zero-order chi connectivity index (χ0) is 23.8. The molecule has 172 valence electrons. The van der Waals surface area contributed by atoms with E-state index < -0.39 is 39.4 Å². The van der Waals surface area contributed by atoms with Gasteiger partial charge in [0.05, 0.1) is 14.2 Å². The summed E-state index contributed by atoms with van der Waals surface area (Å²) in [5.74, 6) is -0.380. The molecule has 0 saturated carbocycles. The lowest BCUT2D eigenvalue weighted by Gasteiger charge is -2.44. The molecule has 11 nitrogen and oxygen atoms in total. The molecule has 11 heteroatoms. The van der Waals surface area contributed by atoms with Crippen LogP contribution in [0.25, 0.3) is 0 Å². The van der Waals surface area contributed by atoms with Gasteiger partial charge in [-0.25, -0.2) is 0 Å². The minimum atomic E-state index is -1.49. The van der Waals surface area contributed by atoms with Gasteiger partial charge < -0.3 is 19.7 Å². The lowest BCUT2D eigenvalue weighted by Crippen LogP contribution is -2.63. The highest BCUT2D eigenvalue weighted by Gasteiger charge is 2.63. The fourth-order valence-electron chi connectivity index (χ4n) is 4.63. The van der Waals surface area contributed by atoms with Crippen molar-refractivity contribution in [2.24, 2.45) is 5.41 Å². The van der Waals surface area contributed by atoms with E-state index in [1.165, 1.54) is 52.3 Å². The van der Waals surface area contributed by atoms with Gasteiger partial charge in [-0.1, -0.05) is 24.3 Å². The summed E-state index contributed by atoms with van der Waals surface area (Å²) in [7, 11) is 2.70. The molecule has 1 saturated heterocycles. The van der Waals surface area contributed by atoms with Gasteiger partial charge >= 0.3 is 0 Å². The highest BCUT2D eigenvalue weighted by molar-refractivity contribution is 5.50. The highest BCUT2D eigenvalue weighted by atomic mass is 16.6. The third kappa shape index (κ3) is 3.64. The molecule has 1 aliphatic heterocycles. The van der Waals surface area contributed by atoms with Crippen LogP contribution in [0.3, 0.4) is 0 Å². The molecule has 0 aliphatic carbocycles. The summed E-state index contributed by atoms with van der Waals surface area (Å²) in [4.78, 5) is 23.2. The maximum atomic E-state index is 12.2. The van der Waals surface area contributed by atoms with Crippen LogP contribution >= 0.6 is 0 Å². The first-order valence-electron chi connectivity index (χ1n) is 9.81. The van der Waals surface area contributed by atoms with Crippen LogP contribution in [0.2, 0.25) is 0 Å². The number of nitrogens with one attached hydrogen (secondary N) is 1. The van der Waals surface area contributed by atoms with E-state index in [1.807, 2.05) is 0 Å². The SMILES string of the molecule is COc1cccc([C@H]2N[C@@H](c3cccc(OC)c3O)[C@@H]([N+](=O)[O-])C(C)(C)[C@H]2[N+](=O)[O-])c1O. The number of benzene rings is 2. The lowest BCUT2D eigenvalue weighted by atomic mass is 9.66.